The Morgan fingerprint density at radius 3 is 2.52 bits per heavy atom. The number of amides is 5. The smallest absolute Gasteiger partial charge is 0.315 e. The lowest BCUT2D eigenvalue weighted by atomic mass is 9.97. The Bertz CT molecular complexity index is 2270. The highest BCUT2D eigenvalue weighted by molar-refractivity contribution is 7.91. The molecule has 4 bridgehead atoms. The molecule has 3 heterocycles. The van der Waals surface area contributed by atoms with Crippen molar-refractivity contribution in [2.75, 3.05) is 13.7 Å². The average Bonchev–Trinajstić information content (AvgIpc) is 4.11. The molecular weight excluding hydrogens is 761 g/mol. The van der Waals surface area contributed by atoms with Crippen LogP contribution in [-0.2, 0) is 24.4 Å². The van der Waals surface area contributed by atoms with Gasteiger partial charge in [-0.25, -0.2) is 18.2 Å². The number of sulfonamides is 1. The van der Waals surface area contributed by atoms with Crippen molar-refractivity contribution in [3.05, 3.63) is 72.8 Å². The minimum absolute atomic E-state index is 0.0253. The minimum Gasteiger partial charge on any atom is -0.496 e. The SMILES string of the molecule is C=C[C@@H]1C[C@]1(NC(=O)[C@@H]1C[C@@H]2CN1C(=O)[C@H](C(C)C)NC(=O)NC(C)(C)CCC=Cc1cc3c(cc(-c4ccccc4)nc3cc1OC)O2)C(=O)NS(=O)(=O)C1CC1. The van der Waals surface area contributed by atoms with Gasteiger partial charge >= 0.3 is 6.03 Å². The molecule has 5 atom stereocenters. The maximum Gasteiger partial charge on any atom is 0.315 e. The van der Waals surface area contributed by atoms with Crippen LogP contribution in [0.5, 0.6) is 11.5 Å². The van der Waals surface area contributed by atoms with Crippen LogP contribution in [0.3, 0.4) is 0 Å². The zero-order valence-electron chi connectivity index (χ0n) is 33.5. The van der Waals surface area contributed by atoms with Crippen molar-refractivity contribution in [2.24, 2.45) is 11.8 Å². The van der Waals surface area contributed by atoms with Crippen molar-refractivity contribution in [1.82, 2.24) is 30.6 Å². The molecule has 3 fully saturated rings. The number of rotatable bonds is 9. The number of carbonyl (C=O) groups excluding carboxylic acids is 4. The summed E-state index contributed by atoms with van der Waals surface area (Å²) in [5, 5.41) is 8.76. The van der Waals surface area contributed by atoms with Gasteiger partial charge in [0.2, 0.25) is 21.8 Å². The molecule has 2 saturated carbocycles. The van der Waals surface area contributed by atoms with Crippen LogP contribution >= 0.6 is 0 Å². The van der Waals surface area contributed by atoms with E-state index in [1.165, 1.54) is 11.0 Å². The van der Waals surface area contributed by atoms with Crippen LogP contribution in [0.4, 0.5) is 4.79 Å². The second-order valence-corrected chi connectivity index (χ2v) is 18.8. The minimum atomic E-state index is -3.91. The third-order valence-corrected chi connectivity index (χ3v) is 13.3. The van der Waals surface area contributed by atoms with Crippen LogP contribution in [0.25, 0.3) is 28.2 Å². The van der Waals surface area contributed by atoms with Gasteiger partial charge in [-0.2, -0.15) is 0 Å². The summed E-state index contributed by atoms with van der Waals surface area (Å²) >= 11 is 0. The molecule has 5 amide bonds. The maximum absolute atomic E-state index is 14.6. The van der Waals surface area contributed by atoms with Gasteiger partial charge in [0.25, 0.3) is 5.91 Å². The summed E-state index contributed by atoms with van der Waals surface area (Å²) in [4.78, 5) is 62.6. The van der Waals surface area contributed by atoms with Gasteiger partial charge < -0.3 is 30.3 Å². The molecule has 14 nitrogen and oxygen atoms in total. The zero-order chi connectivity index (χ0) is 41.6. The average molecular weight is 813 g/mol. The fourth-order valence-corrected chi connectivity index (χ4v) is 9.23. The summed E-state index contributed by atoms with van der Waals surface area (Å²) in [6.07, 6.45) is 7.09. The van der Waals surface area contributed by atoms with E-state index in [2.05, 4.69) is 27.3 Å². The van der Waals surface area contributed by atoms with Gasteiger partial charge in [0, 0.05) is 46.5 Å². The Balaban J connectivity index is 1.29. The molecule has 1 aromatic heterocycles. The molecule has 4 aliphatic rings. The molecular formula is C43H52N6O8S. The van der Waals surface area contributed by atoms with Gasteiger partial charge in [-0.05, 0) is 57.9 Å². The molecule has 0 unspecified atom stereocenters. The summed E-state index contributed by atoms with van der Waals surface area (Å²) in [5.41, 5.74) is 0.694. The van der Waals surface area contributed by atoms with Gasteiger partial charge in [0.15, 0.2) is 0 Å². The van der Waals surface area contributed by atoms with Crippen molar-refractivity contribution < 1.29 is 37.1 Å². The van der Waals surface area contributed by atoms with Crippen LogP contribution in [0, 0.1) is 11.8 Å². The van der Waals surface area contributed by atoms with Gasteiger partial charge in [-0.15, -0.1) is 6.58 Å². The third kappa shape index (κ3) is 8.40. The van der Waals surface area contributed by atoms with E-state index < -0.39 is 74.2 Å². The molecule has 1 saturated heterocycles. The molecule has 308 valence electrons. The number of carbonyl (C=O) groups is 4. The molecule has 4 N–H and O–H groups in total. The molecule has 2 aliphatic heterocycles. The van der Waals surface area contributed by atoms with Gasteiger partial charge in [0.05, 0.1) is 30.1 Å². The van der Waals surface area contributed by atoms with Crippen molar-refractivity contribution in [3.63, 3.8) is 0 Å². The molecule has 2 aromatic carbocycles. The van der Waals surface area contributed by atoms with Crippen molar-refractivity contribution >= 4 is 50.8 Å². The number of nitrogens with zero attached hydrogens (tertiary/aromatic N) is 2. The van der Waals surface area contributed by atoms with E-state index in [0.717, 1.165) is 11.1 Å². The van der Waals surface area contributed by atoms with Crippen LogP contribution in [0.15, 0.2) is 67.3 Å². The number of hydrogen-bond donors (Lipinski definition) is 4. The molecule has 0 spiro atoms. The Hall–Kier alpha value is -5.44. The zero-order valence-corrected chi connectivity index (χ0v) is 34.4. The summed E-state index contributed by atoms with van der Waals surface area (Å²) < 4.78 is 40.4. The summed E-state index contributed by atoms with van der Waals surface area (Å²) in [6, 6.07) is 12.6. The second kappa shape index (κ2) is 15.7. The van der Waals surface area contributed by atoms with Crippen molar-refractivity contribution in [3.8, 4) is 22.8 Å². The summed E-state index contributed by atoms with van der Waals surface area (Å²) in [6.45, 7) is 11.2. The normalized spacial score (nSPS) is 25.9. The number of nitrogens with one attached hydrogen (secondary N) is 4. The highest BCUT2D eigenvalue weighted by atomic mass is 32.2. The number of pyridine rings is 1. The van der Waals surface area contributed by atoms with Crippen LogP contribution in [0.2, 0.25) is 0 Å². The molecule has 0 radical (unpaired) electrons. The van der Waals surface area contributed by atoms with Gasteiger partial charge in [-0.3, -0.25) is 19.1 Å². The fourth-order valence-electron chi connectivity index (χ4n) is 7.87. The summed E-state index contributed by atoms with van der Waals surface area (Å²) in [7, 11) is -2.31. The van der Waals surface area contributed by atoms with Crippen LogP contribution in [0.1, 0.15) is 71.8 Å². The molecule has 58 heavy (non-hydrogen) atoms. The maximum atomic E-state index is 14.6. The Morgan fingerprint density at radius 2 is 1.86 bits per heavy atom. The summed E-state index contributed by atoms with van der Waals surface area (Å²) in [5.74, 6) is -1.80. The lowest BCUT2D eigenvalue weighted by molar-refractivity contribution is -0.141. The standard InChI is InChI=1S/C43H52N6O8S/c1-7-28-23-43(28,40(52)48-58(54,55)30-16-17-30)46-38(50)34-20-29-24-49(34)39(51)37(25(2)3)45-41(53)47-42(4,5)18-12-11-15-27-19-31-33(22-35(27)56-6)44-32(21-36(31)57-29)26-13-9-8-10-14-26/h7-11,13-15,19,21-22,25,28-30,34,37H,1,12,16-18,20,23-24H2,2-6H3,(H,46,50)(H,48,52)(H2,45,47,53)/t28-,29-,34+,37+,43-/m1/s1. The number of hydrogen-bond acceptors (Lipinski definition) is 9. The van der Waals surface area contributed by atoms with E-state index in [-0.39, 0.29) is 25.3 Å². The third-order valence-electron chi connectivity index (χ3n) is 11.5. The predicted molar refractivity (Wildman–Crippen MR) is 220 cm³/mol. The Morgan fingerprint density at radius 1 is 1.12 bits per heavy atom. The first-order chi connectivity index (χ1) is 27.5. The van der Waals surface area contributed by atoms with Crippen molar-refractivity contribution in [1.29, 1.82) is 0 Å². The number of urea groups is 1. The lowest BCUT2D eigenvalue weighted by Gasteiger charge is -2.32. The molecule has 3 aromatic rings. The molecule has 15 heteroatoms. The fraction of sp³-hybridized carbons (Fsp3) is 0.465. The lowest BCUT2D eigenvalue weighted by Crippen LogP contribution is -2.60. The van der Waals surface area contributed by atoms with E-state index in [4.69, 9.17) is 14.5 Å². The largest absolute Gasteiger partial charge is 0.496 e. The number of allylic oxidation sites excluding steroid dienone is 1. The first kappa shape index (κ1) is 40.7. The number of methoxy groups -OCH3 is 1. The van der Waals surface area contributed by atoms with Gasteiger partial charge in [0.1, 0.15) is 35.2 Å². The number of fused-ring (bicyclic) bond motifs is 3. The quantitative estimate of drug-likeness (QED) is 0.220. The first-order valence-corrected chi connectivity index (χ1v) is 21.4. The molecule has 2 aliphatic carbocycles. The molecule has 7 rings (SSSR count). The Labute approximate surface area is 339 Å². The van der Waals surface area contributed by atoms with Crippen molar-refractivity contribution in [2.45, 2.75) is 101 Å². The first-order valence-electron chi connectivity index (χ1n) is 19.9. The predicted octanol–water partition coefficient (Wildman–Crippen LogP) is 4.84. The van der Waals surface area contributed by atoms with E-state index in [9.17, 15) is 27.6 Å². The monoisotopic (exact) mass is 812 g/mol. The topological polar surface area (TPSA) is 185 Å². The number of benzene rings is 2. The Kier molecular flexibility index (Phi) is 11.0. The van der Waals surface area contributed by atoms with Crippen LogP contribution in [-0.4, -0.2) is 90.2 Å². The highest BCUT2D eigenvalue weighted by Crippen LogP contribution is 2.46. The second-order valence-electron chi connectivity index (χ2n) is 16.8. The highest BCUT2D eigenvalue weighted by Gasteiger charge is 2.62. The number of ether oxygens (including phenoxy) is 2. The van der Waals surface area contributed by atoms with E-state index in [0.29, 0.717) is 53.8 Å². The van der Waals surface area contributed by atoms with E-state index in [1.807, 2.05) is 88.4 Å². The number of aromatic nitrogens is 1. The van der Waals surface area contributed by atoms with E-state index in [1.54, 1.807) is 7.11 Å². The van der Waals surface area contributed by atoms with Crippen LogP contribution < -0.4 is 30.1 Å². The van der Waals surface area contributed by atoms with Gasteiger partial charge in [-0.1, -0.05) is 62.4 Å². The van der Waals surface area contributed by atoms with E-state index >= 15 is 0 Å².